The molecule has 0 unspecified atom stereocenters. The first-order chi connectivity index (χ1) is 15.2. The number of nitrogens with zero attached hydrogens (tertiary/aromatic N) is 1. The predicted octanol–water partition coefficient (Wildman–Crippen LogP) is 5.40. The fourth-order valence-electron chi connectivity index (χ4n) is 3.01. The summed E-state index contributed by atoms with van der Waals surface area (Å²) in [6.45, 7) is 0. The SMILES string of the molecule is O=C(O)c1cc(C(=O)O)cc(-c2ccc(/C=C3\SC(=S)N(c4ccc(Cl)cc4)C3=O)o2)c1. The van der Waals surface area contributed by atoms with Crippen LogP contribution in [0.2, 0.25) is 5.02 Å². The first kappa shape index (κ1) is 21.8. The van der Waals surface area contributed by atoms with Crippen LogP contribution in [0.4, 0.5) is 5.69 Å². The van der Waals surface area contributed by atoms with Gasteiger partial charge in [0.1, 0.15) is 11.5 Å². The topological polar surface area (TPSA) is 108 Å². The van der Waals surface area contributed by atoms with Gasteiger partial charge in [0.05, 0.1) is 21.7 Å². The van der Waals surface area contributed by atoms with Crippen molar-refractivity contribution < 1.29 is 29.0 Å². The summed E-state index contributed by atoms with van der Waals surface area (Å²) in [5, 5.41) is 19.0. The Morgan fingerprint density at radius 3 is 2.22 bits per heavy atom. The summed E-state index contributed by atoms with van der Waals surface area (Å²) in [6, 6.07) is 13.6. The lowest BCUT2D eigenvalue weighted by Crippen LogP contribution is -2.27. The first-order valence-electron chi connectivity index (χ1n) is 8.98. The van der Waals surface area contributed by atoms with Crippen molar-refractivity contribution in [1.29, 1.82) is 0 Å². The van der Waals surface area contributed by atoms with Crippen molar-refractivity contribution >= 4 is 69.5 Å². The highest BCUT2D eigenvalue weighted by Gasteiger charge is 2.33. The van der Waals surface area contributed by atoms with Crippen LogP contribution in [0, 0.1) is 0 Å². The first-order valence-corrected chi connectivity index (χ1v) is 10.6. The van der Waals surface area contributed by atoms with E-state index in [1.165, 1.54) is 23.1 Å². The molecule has 1 saturated heterocycles. The number of thioether (sulfide) groups is 1. The standard InChI is InChI=1S/C22H12ClNO6S2/c23-14-1-3-15(4-2-14)24-19(25)18(32-22(24)31)10-16-5-6-17(30-16)11-7-12(20(26)27)9-13(8-11)21(28)29/h1-10H,(H,26,27)(H,28,29)/b18-10-. The number of hydrogen-bond acceptors (Lipinski definition) is 6. The van der Waals surface area contributed by atoms with Crippen LogP contribution in [-0.4, -0.2) is 32.4 Å². The average Bonchev–Trinajstić information content (AvgIpc) is 3.33. The highest BCUT2D eigenvalue weighted by molar-refractivity contribution is 8.27. The second-order valence-corrected chi connectivity index (χ2v) is 8.72. The number of anilines is 1. The van der Waals surface area contributed by atoms with Gasteiger partial charge in [-0.3, -0.25) is 9.69 Å². The number of carboxylic acid groups (broad SMARTS) is 2. The summed E-state index contributed by atoms with van der Waals surface area (Å²) < 4.78 is 6.09. The summed E-state index contributed by atoms with van der Waals surface area (Å²) in [6.07, 6.45) is 1.53. The van der Waals surface area contributed by atoms with Crippen molar-refractivity contribution in [3.05, 3.63) is 81.4 Å². The van der Waals surface area contributed by atoms with Crippen LogP contribution in [0.5, 0.6) is 0 Å². The van der Waals surface area contributed by atoms with Gasteiger partial charge in [-0.1, -0.05) is 35.6 Å². The molecule has 7 nitrogen and oxygen atoms in total. The molecule has 160 valence electrons. The predicted molar refractivity (Wildman–Crippen MR) is 125 cm³/mol. The van der Waals surface area contributed by atoms with E-state index >= 15 is 0 Å². The fraction of sp³-hybridized carbons (Fsp3) is 0. The minimum Gasteiger partial charge on any atom is -0.478 e. The normalized spacial score (nSPS) is 14.9. The average molecular weight is 486 g/mol. The van der Waals surface area contributed by atoms with E-state index in [0.717, 1.165) is 17.8 Å². The van der Waals surface area contributed by atoms with Crippen molar-refractivity contribution in [1.82, 2.24) is 0 Å². The molecule has 1 fully saturated rings. The van der Waals surface area contributed by atoms with Crippen LogP contribution in [0.15, 0.2) is 63.9 Å². The summed E-state index contributed by atoms with van der Waals surface area (Å²) in [5.74, 6) is -2.25. The van der Waals surface area contributed by atoms with Gasteiger partial charge in [-0.15, -0.1) is 0 Å². The quantitative estimate of drug-likeness (QED) is 0.365. The third kappa shape index (κ3) is 4.31. The molecule has 4 rings (SSSR count). The highest BCUT2D eigenvalue weighted by Crippen LogP contribution is 2.37. The zero-order valence-electron chi connectivity index (χ0n) is 15.9. The minimum atomic E-state index is -1.26. The van der Waals surface area contributed by atoms with Crippen LogP contribution in [-0.2, 0) is 4.79 Å². The smallest absolute Gasteiger partial charge is 0.335 e. The van der Waals surface area contributed by atoms with E-state index in [0.29, 0.717) is 25.7 Å². The largest absolute Gasteiger partial charge is 0.478 e. The molecule has 2 heterocycles. The van der Waals surface area contributed by atoms with Crippen molar-refractivity contribution in [2.75, 3.05) is 4.90 Å². The van der Waals surface area contributed by atoms with Crippen LogP contribution in [0.25, 0.3) is 17.4 Å². The molecule has 1 aliphatic heterocycles. The maximum atomic E-state index is 12.9. The highest BCUT2D eigenvalue weighted by atomic mass is 35.5. The number of aromatic carboxylic acids is 2. The van der Waals surface area contributed by atoms with E-state index in [9.17, 15) is 24.6 Å². The van der Waals surface area contributed by atoms with Crippen LogP contribution >= 0.6 is 35.6 Å². The molecule has 0 aliphatic carbocycles. The van der Waals surface area contributed by atoms with Gasteiger partial charge in [0.15, 0.2) is 4.32 Å². The van der Waals surface area contributed by atoms with Crippen molar-refractivity contribution in [3.8, 4) is 11.3 Å². The Balaban J connectivity index is 1.64. The lowest BCUT2D eigenvalue weighted by Gasteiger charge is -2.14. The van der Waals surface area contributed by atoms with Gasteiger partial charge in [0.25, 0.3) is 5.91 Å². The van der Waals surface area contributed by atoms with E-state index in [1.54, 1.807) is 36.4 Å². The van der Waals surface area contributed by atoms with Crippen LogP contribution in [0.1, 0.15) is 26.5 Å². The summed E-state index contributed by atoms with van der Waals surface area (Å²) in [5.41, 5.74) is 0.520. The Hall–Kier alpha value is -3.40. The van der Waals surface area contributed by atoms with Gasteiger partial charge < -0.3 is 14.6 Å². The molecule has 2 N–H and O–H groups in total. The fourth-order valence-corrected chi connectivity index (χ4v) is 4.42. The second kappa shape index (κ2) is 8.62. The van der Waals surface area contributed by atoms with Crippen LogP contribution < -0.4 is 4.90 Å². The zero-order valence-corrected chi connectivity index (χ0v) is 18.3. The number of carboxylic acids is 2. The molecule has 0 spiro atoms. The number of amides is 1. The van der Waals surface area contributed by atoms with E-state index in [4.69, 9.17) is 28.2 Å². The molecular formula is C22H12ClNO6S2. The molecule has 1 aliphatic rings. The zero-order chi connectivity index (χ0) is 23.0. The monoisotopic (exact) mass is 485 g/mol. The van der Waals surface area contributed by atoms with Gasteiger partial charge in [-0.05, 0) is 54.6 Å². The Bertz CT molecular complexity index is 1280. The number of hydrogen-bond donors (Lipinski definition) is 2. The van der Waals surface area contributed by atoms with Crippen LogP contribution in [0.3, 0.4) is 0 Å². The van der Waals surface area contributed by atoms with Gasteiger partial charge in [-0.2, -0.15) is 0 Å². The molecule has 0 radical (unpaired) electrons. The summed E-state index contributed by atoms with van der Waals surface area (Å²) >= 11 is 12.4. The molecule has 32 heavy (non-hydrogen) atoms. The molecule has 1 aromatic heterocycles. The second-order valence-electron chi connectivity index (χ2n) is 6.60. The van der Waals surface area contributed by atoms with Gasteiger partial charge in [-0.25, -0.2) is 9.59 Å². The molecule has 3 aromatic rings. The van der Waals surface area contributed by atoms with Gasteiger partial charge in [0, 0.05) is 16.7 Å². The minimum absolute atomic E-state index is 0.179. The van der Waals surface area contributed by atoms with Crippen molar-refractivity contribution in [2.45, 2.75) is 0 Å². The number of carbonyl (C=O) groups is 3. The third-order valence-electron chi connectivity index (χ3n) is 4.49. The molecular weight excluding hydrogens is 474 g/mol. The number of rotatable bonds is 5. The van der Waals surface area contributed by atoms with Crippen molar-refractivity contribution in [3.63, 3.8) is 0 Å². The van der Waals surface area contributed by atoms with Gasteiger partial charge >= 0.3 is 11.9 Å². The molecule has 0 atom stereocenters. The summed E-state index contributed by atoms with van der Waals surface area (Å²) in [4.78, 5) is 37.3. The maximum absolute atomic E-state index is 12.9. The molecule has 2 aromatic carbocycles. The number of furan rings is 1. The number of halogens is 1. The number of benzene rings is 2. The lowest BCUT2D eigenvalue weighted by molar-refractivity contribution is -0.113. The van der Waals surface area contributed by atoms with Gasteiger partial charge in [0.2, 0.25) is 0 Å². The molecule has 1 amide bonds. The molecule has 0 bridgehead atoms. The van der Waals surface area contributed by atoms with E-state index in [-0.39, 0.29) is 28.4 Å². The van der Waals surface area contributed by atoms with E-state index in [2.05, 4.69) is 0 Å². The number of carbonyl (C=O) groups excluding carboxylic acids is 1. The Kier molecular flexibility index (Phi) is 5.88. The Morgan fingerprint density at radius 1 is 1.00 bits per heavy atom. The van der Waals surface area contributed by atoms with E-state index < -0.39 is 11.9 Å². The van der Waals surface area contributed by atoms with Crippen molar-refractivity contribution in [2.24, 2.45) is 0 Å². The Morgan fingerprint density at radius 2 is 1.62 bits per heavy atom. The Labute approximate surface area is 195 Å². The summed E-state index contributed by atoms with van der Waals surface area (Å²) in [7, 11) is 0. The maximum Gasteiger partial charge on any atom is 0.335 e. The lowest BCUT2D eigenvalue weighted by atomic mass is 10.0. The molecule has 0 saturated carbocycles. The number of thiocarbonyl (C=S) groups is 1. The van der Waals surface area contributed by atoms with E-state index in [1.807, 2.05) is 0 Å². The third-order valence-corrected chi connectivity index (χ3v) is 6.04. The molecule has 10 heteroatoms.